The van der Waals surface area contributed by atoms with E-state index >= 15 is 0 Å². The quantitative estimate of drug-likeness (QED) is 0.570. The van der Waals surface area contributed by atoms with Gasteiger partial charge in [0.25, 0.3) is 0 Å². The van der Waals surface area contributed by atoms with Gasteiger partial charge >= 0.3 is 0 Å². The van der Waals surface area contributed by atoms with Crippen molar-refractivity contribution in [3.05, 3.63) is 0 Å². The number of halogens is 1. The van der Waals surface area contributed by atoms with Gasteiger partial charge in [-0.1, -0.05) is 0 Å². The molecule has 0 aromatic heterocycles. The van der Waals surface area contributed by atoms with Gasteiger partial charge in [0.1, 0.15) is 5.88 Å². The monoisotopic (exact) mass is 214 g/mol. The highest BCUT2D eigenvalue weighted by Gasteiger charge is 2.06. The molecule has 72 valence electrons. The first-order valence-electron chi connectivity index (χ1n) is 3.25. The van der Waals surface area contributed by atoms with Gasteiger partial charge in [0, 0.05) is 6.54 Å². The minimum atomic E-state index is -3.23. The Labute approximate surface area is 76.5 Å². The first kappa shape index (κ1) is 11.7. The predicted molar refractivity (Wildman–Crippen MR) is 46.6 cm³/mol. The van der Waals surface area contributed by atoms with Crippen LogP contribution in [0.4, 0.5) is 0 Å². The summed E-state index contributed by atoms with van der Waals surface area (Å²) in [5, 5.41) is 2.33. The fourth-order valence-corrected chi connectivity index (χ4v) is 1.14. The van der Waals surface area contributed by atoms with Crippen molar-refractivity contribution in [2.24, 2.45) is 0 Å². The van der Waals surface area contributed by atoms with Crippen LogP contribution in [0.15, 0.2) is 0 Å². The lowest BCUT2D eigenvalue weighted by Crippen LogP contribution is -2.33. The maximum absolute atomic E-state index is 10.8. The van der Waals surface area contributed by atoms with Crippen molar-refractivity contribution < 1.29 is 13.2 Å². The van der Waals surface area contributed by atoms with Gasteiger partial charge in [0.2, 0.25) is 15.9 Å². The summed E-state index contributed by atoms with van der Waals surface area (Å²) in [5.74, 6) is -0.658. The molecule has 0 radical (unpaired) electrons. The van der Waals surface area contributed by atoms with Crippen molar-refractivity contribution in [2.75, 3.05) is 25.2 Å². The van der Waals surface area contributed by atoms with Gasteiger partial charge < -0.3 is 5.32 Å². The molecular formula is C5H11ClN2O3S. The molecule has 0 aliphatic heterocycles. The van der Waals surface area contributed by atoms with Crippen LogP contribution in [0.25, 0.3) is 0 Å². The molecule has 0 aliphatic rings. The Balaban J connectivity index is 3.64. The number of amides is 1. The van der Waals surface area contributed by atoms with Crippen molar-refractivity contribution in [1.29, 1.82) is 0 Å². The molecule has 0 fully saturated rings. The number of carbonyl (C=O) groups excluding carboxylic acids is 1. The molecule has 1 amide bonds. The lowest BCUT2D eigenvalue weighted by atomic mass is 10.6. The van der Waals surface area contributed by atoms with Crippen molar-refractivity contribution in [1.82, 2.24) is 10.0 Å². The first-order chi connectivity index (χ1) is 5.52. The van der Waals surface area contributed by atoms with Gasteiger partial charge in [-0.3, -0.25) is 4.79 Å². The van der Waals surface area contributed by atoms with Crippen molar-refractivity contribution in [2.45, 2.75) is 0 Å². The van der Waals surface area contributed by atoms with E-state index in [-0.39, 0.29) is 24.1 Å². The maximum atomic E-state index is 10.8. The fraction of sp³-hybridized carbons (Fsp3) is 0.800. The number of carbonyl (C=O) groups is 1. The van der Waals surface area contributed by atoms with E-state index in [2.05, 4.69) is 10.0 Å². The molecule has 0 saturated heterocycles. The van der Waals surface area contributed by atoms with E-state index < -0.39 is 10.0 Å². The molecule has 0 spiro atoms. The molecule has 2 N–H and O–H groups in total. The molecule has 0 bridgehead atoms. The summed E-state index contributed by atoms with van der Waals surface area (Å²) in [7, 11) is -1.91. The van der Waals surface area contributed by atoms with Gasteiger partial charge in [0.15, 0.2) is 0 Å². The molecule has 0 rings (SSSR count). The summed E-state index contributed by atoms with van der Waals surface area (Å²) >= 11 is 5.16. The van der Waals surface area contributed by atoms with E-state index in [4.69, 9.17) is 11.6 Å². The Kier molecular flexibility index (Phi) is 5.19. The second-order valence-corrected chi connectivity index (χ2v) is 4.32. The van der Waals surface area contributed by atoms with Crippen LogP contribution in [-0.2, 0) is 14.8 Å². The van der Waals surface area contributed by atoms with E-state index in [0.717, 1.165) is 0 Å². The average molecular weight is 215 g/mol. The molecule has 0 unspecified atom stereocenters. The molecule has 0 atom stereocenters. The Morgan fingerprint density at radius 3 is 2.50 bits per heavy atom. The van der Waals surface area contributed by atoms with Crippen molar-refractivity contribution in [3.8, 4) is 0 Å². The number of sulfonamides is 1. The molecule has 0 saturated carbocycles. The third-order valence-electron chi connectivity index (χ3n) is 1.13. The number of nitrogens with one attached hydrogen (secondary N) is 2. The maximum Gasteiger partial charge on any atom is 0.234 e. The van der Waals surface area contributed by atoms with E-state index in [9.17, 15) is 13.2 Å². The van der Waals surface area contributed by atoms with Gasteiger partial charge in [-0.25, -0.2) is 13.1 Å². The van der Waals surface area contributed by atoms with Gasteiger partial charge in [-0.15, -0.1) is 11.6 Å². The van der Waals surface area contributed by atoms with Crippen LogP contribution >= 0.6 is 11.6 Å². The summed E-state index contributed by atoms with van der Waals surface area (Å²) in [4.78, 5) is 10.5. The lowest BCUT2D eigenvalue weighted by Gasteiger charge is -2.02. The Hall–Kier alpha value is -0.330. The highest BCUT2D eigenvalue weighted by atomic mass is 35.5. The molecule has 0 aromatic carbocycles. The third-order valence-corrected chi connectivity index (χ3v) is 2.73. The lowest BCUT2D eigenvalue weighted by molar-refractivity contribution is -0.118. The van der Waals surface area contributed by atoms with E-state index in [0.29, 0.717) is 0 Å². The van der Waals surface area contributed by atoms with Crippen LogP contribution < -0.4 is 10.0 Å². The summed E-state index contributed by atoms with van der Waals surface area (Å²) in [6.07, 6.45) is 0. The summed E-state index contributed by atoms with van der Waals surface area (Å²) in [6.45, 7) is 0.0781. The average Bonchev–Trinajstić information content (AvgIpc) is 2.04. The second-order valence-electron chi connectivity index (χ2n) is 2.01. The van der Waals surface area contributed by atoms with E-state index in [1.807, 2.05) is 0 Å². The zero-order valence-electron chi connectivity index (χ0n) is 6.63. The minimum absolute atomic E-state index is 0.0781. The molecule has 0 aromatic rings. The summed E-state index contributed by atoms with van der Waals surface area (Å²) in [5.41, 5.74) is 0. The molecule has 5 nitrogen and oxygen atoms in total. The van der Waals surface area contributed by atoms with Crippen LogP contribution in [0.3, 0.4) is 0 Å². The van der Waals surface area contributed by atoms with Crippen molar-refractivity contribution >= 4 is 27.5 Å². The molecule has 0 aliphatic carbocycles. The number of alkyl halides is 1. The normalized spacial score (nSPS) is 11.2. The number of rotatable bonds is 5. The largest absolute Gasteiger partial charge is 0.354 e. The first-order valence-corrected chi connectivity index (χ1v) is 5.44. The second kappa shape index (κ2) is 5.34. The fourth-order valence-electron chi connectivity index (χ4n) is 0.474. The number of hydrogen-bond donors (Lipinski definition) is 2. The van der Waals surface area contributed by atoms with Crippen LogP contribution in [0, 0.1) is 0 Å². The Morgan fingerprint density at radius 2 is 2.08 bits per heavy atom. The highest BCUT2D eigenvalue weighted by Crippen LogP contribution is 1.80. The summed E-state index contributed by atoms with van der Waals surface area (Å²) in [6, 6.07) is 0. The molecule has 0 heterocycles. The molecule has 7 heteroatoms. The van der Waals surface area contributed by atoms with Crippen LogP contribution in [0.1, 0.15) is 0 Å². The smallest absolute Gasteiger partial charge is 0.234 e. The minimum Gasteiger partial charge on any atom is -0.354 e. The topological polar surface area (TPSA) is 75.3 Å². The summed E-state index contributed by atoms with van der Waals surface area (Å²) < 4.78 is 23.7. The van der Waals surface area contributed by atoms with E-state index in [1.165, 1.54) is 7.05 Å². The van der Waals surface area contributed by atoms with Crippen molar-refractivity contribution in [3.63, 3.8) is 0 Å². The molecular weight excluding hydrogens is 204 g/mol. The van der Waals surface area contributed by atoms with Gasteiger partial charge in [-0.05, 0) is 7.05 Å². The molecule has 12 heavy (non-hydrogen) atoms. The van der Waals surface area contributed by atoms with Crippen LogP contribution in [0.5, 0.6) is 0 Å². The zero-order valence-corrected chi connectivity index (χ0v) is 8.20. The van der Waals surface area contributed by atoms with Gasteiger partial charge in [-0.2, -0.15) is 0 Å². The zero-order chi connectivity index (χ0) is 9.61. The number of hydrogen-bond acceptors (Lipinski definition) is 3. The standard InChI is InChI=1S/C5H11ClN2O3S/c1-7-12(10,11)3-2-8-5(9)4-6/h7H,2-4H2,1H3,(H,8,9). The Bertz CT molecular complexity index is 239. The van der Waals surface area contributed by atoms with Gasteiger partial charge in [0.05, 0.1) is 5.75 Å². The third kappa shape index (κ3) is 5.34. The highest BCUT2D eigenvalue weighted by molar-refractivity contribution is 7.89. The van der Waals surface area contributed by atoms with Crippen LogP contribution in [-0.4, -0.2) is 39.6 Å². The Morgan fingerprint density at radius 1 is 1.50 bits per heavy atom. The predicted octanol–water partition coefficient (Wildman–Crippen LogP) is -1.11. The van der Waals surface area contributed by atoms with Crippen LogP contribution in [0.2, 0.25) is 0 Å². The SMILES string of the molecule is CNS(=O)(=O)CCNC(=O)CCl. The van der Waals surface area contributed by atoms with E-state index in [1.54, 1.807) is 0 Å².